The highest BCUT2D eigenvalue weighted by Gasteiger charge is 2.46. The molecule has 1 unspecified atom stereocenters. The summed E-state index contributed by atoms with van der Waals surface area (Å²) < 4.78 is 22.8. The molecule has 95 heavy (non-hydrogen) atoms. The van der Waals surface area contributed by atoms with Gasteiger partial charge in [-0.15, -0.1) is 11.8 Å². The number of amides is 3. The molecule has 21 heteroatoms. The van der Waals surface area contributed by atoms with Crippen LogP contribution in [0.2, 0.25) is 5.02 Å². The van der Waals surface area contributed by atoms with Crippen molar-refractivity contribution in [2.45, 2.75) is 159 Å². The van der Waals surface area contributed by atoms with E-state index in [1.807, 2.05) is 128 Å². The number of carbonyl (C=O) groups is 8. The van der Waals surface area contributed by atoms with Crippen LogP contribution in [0.4, 0.5) is 0 Å². The number of ether oxygens (including phenoxy) is 4. The lowest BCUT2D eigenvalue weighted by atomic mass is 9.79. The first-order valence-corrected chi connectivity index (χ1v) is 32.9. The first kappa shape index (κ1) is 75.2. The van der Waals surface area contributed by atoms with E-state index in [4.69, 9.17) is 42.0 Å². The highest BCUT2D eigenvalue weighted by Crippen LogP contribution is 2.49. The Morgan fingerprint density at radius 3 is 1.35 bits per heavy atom. The maximum Gasteiger partial charge on any atom is 0.331 e. The quantitative estimate of drug-likeness (QED) is 0.00610. The van der Waals surface area contributed by atoms with Gasteiger partial charge in [0, 0.05) is 53.4 Å². The van der Waals surface area contributed by atoms with Gasteiger partial charge in [-0.2, -0.15) is 0 Å². The van der Waals surface area contributed by atoms with Crippen LogP contribution in [0.3, 0.4) is 0 Å². The van der Waals surface area contributed by atoms with E-state index >= 15 is 14.4 Å². The van der Waals surface area contributed by atoms with Crippen LogP contribution >= 0.6 is 23.4 Å². The average Bonchev–Trinajstić information content (AvgIpc) is 0.751. The third kappa shape index (κ3) is 22.1. The van der Waals surface area contributed by atoms with Crippen molar-refractivity contribution in [2.75, 3.05) is 19.3 Å². The van der Waals surface area contributed by atoms with Crippen molar-refractivity contribution in [2.24, 2.45) is 22.4 Å². The summed E-state index contributed by atoms with van der Waals surface area (Å²) in [4.78, 5) is 121. The summed E-state index contributed by atoms with van der Waals surface area (Å²) in [6.45, 7) is 16.8. The second kappa shape index (κ2) is 34.0. The number of Topliss-reactive ketones (excluding diaryl/α,β-unsaturated/α-hetero) is 1. The zero-order chi connectivity index (χ0) is 69.7. The molecule has 8 N–H and O–H groups in total. The zero-order valence-corrected chi connectivity index (χ0v) is 57.6. The minimum atomic E-state index is -1.89. The standard InChI is InChI=1S/C74H90ClN7O12S/c1-48-38-40-51(41-39-48)73(50-28-16-12-17-29-50,55-36-24-25-37-56(55)75)94-68(90)60(47-95-74(52-30-18-13-19-31-52,53-32-20-14-21-33-53)54-34-22-15-23-35-54)82-67(89)59(46-64(86)93-72(8,9)10)81-66(88)58(45-63(85)92-71(5,6)7)80-65(87)49(27-26-42-79-69(77)78-11)43-61(83)57(76)44-62(84)91-70(2,3)4/h12-25,28-41,49,57-60H,26-27,42-47,76H2,1-11H3,(H,80,87)(H,81,88)(H,82,89)(H3,77,78,79)/t49-,57+,58+,59+,60+,73?/m1/s1. The number of nitrogens with one attached hydrogen (secondary N) is 4. The van der Waals surface area contributed by atoms with Gasteiger partial charge in [-0.25, -0.2) is 4.79 Å². The molecule has 6 atom stereocenters. The molecule has 0 spiro atoms. The number of nitrogens with zero attached hydrogens (tertiary/aromatic N) is 1. The van der Waals surface area contributed by atoms with Crippen LogP contribution in [0.5, 0.6) is 0 Å². The van der Waals surface area contributed by atoms with Crippen molar-refractivity contribution in [1.82, 2.24) is 21.3 Å². The molecule has 6 rings (SSSR count). The molecule has 6 aromatic rings. The Kier molecular flexibility index (Phi) is 26.9. The molecule has 19 nitrogen and oxygen atoms in total. The molecule has 0 aliphatic rings. The molecule has 0 aromatic heterocycles. The largest absolute Gasteiger partial charge is 0.460 e. The van der Waals surface area contributed by atoms with Crippen LogP contribution in [-0.4, -0.2) is 114 Å². The number of aliphatic imine (C=N–C) groups is 1. The third-order valence-electron chi connectivity index (χ3n) is 14.9. The molecule has 0 aliphatic carbocycles. The Bertz CT molecular complexity index is 3500. The van der Waals surface area contributed by atoms with Crippen molar-refractivity contribution < 1.29 is 57.3 Å². The van der Waals surface area contributed by atoms with Crippen molar-refractivity contribution >= 4 is 76.7 Å². The van der Waals surface area contributed by atoms with E-state index in [-0.39, 0.29) is 36.1 Å². The number of nitrogens with two attached hydrogens (primary N) is 2. The topological polar surface area (TPSA) is 286 Å². The normalized spacial score (nSPS) is 14.2. The number of guanidine groups is 1. The predicted molar refractivity (Wildman–Crippen MR) is 370 cm³/mol. The van der Waals surface area contributed by atoms with Gasteiger partial charge in [-0.05, 0) is 105 Å². The fourth-order valence-electron chi connectivity index (χ4n) is 10.6. The van der Waals surface area contributed by atoms with Crippen LogP contribution in [0, 0.1) is 12.8 Å². The van der Waals surface area contributed by atoms with Gasteiger partial charge in [0.15, 0.2) is 17.3 Å². The molecule has 0 aliphatic heterocycles. The lowest BCUT2D eigenvalue weighted by Crippen LogP contribution is -2.58. The van der Waals surface area contributed by atoms with Crippen LogP contribution in [-0.2, 0) is 67.7 Å². The molecule has 0 heterocycles. The fourth-order valence-corrected chi connectivity index (χ4v) is 12.4. The number of halogens is 1. The van der Waals surface area contributed by atoms with Crippen molar-refractivity contribution in [3.8, 4) is 0 Å². The Labute approximate surface area is 567 Å². The monoisotopic (exact) mass is 1340 g/mol. The maximum atomic E-state index is 16.2. The number of aryl methyl sites for hydroxylation is 1. The minimum Gasteiger partial charge on any atom is -0.460 e. The lowest BCUT2D eigenvalue weighted by Gasteiger charge is -2.39. The lowest BCUT2D eigenvalue weighted by molar-refractivity contribution is -0.159. The SMILES string of the molecule is CN=C(N)NCCC[C@H](CC(=O)[C@@H](N)CC(=O)OC(C)(C)C)C(=O)N[C@@H](CC(=O)OC(C)(C)C)C(=O)N[C@@H](CC(=O)OC(C)(C)C)C(=O)N[C@@H](CSC(c1ccccc1)(c1ccccc1)c1ccccc1)C(=O)OC(c1ccccc1)(c1ccc(C)cc1)c1ccccc1Cl. The second-order valence-corrected chi connectivity index (χ2v) is 27.8. The van der Waals surface area contributed by atoms with Gasteiger partial charge in [0.1, 0.15) is 34.9 Å². The molecule has 0 bridgehead atoms. The van der Waals surface area contributed by atoms with Gasteiger partial charge in [0.2, 0.25) is 17.7 Å². The van der Waals surface area contributed by atoms with E-state index in [1.54, 1.807) is 111 Å². The molecule has 0 radical (unpaired) electrons. The van der Waals surface area contributed by atoms with Crippen LogP contribution < -0.4 is 32.7 Å². The third-order valence-corrected chi connectivity index (χ3v) is 16.9. The first-order valence-electron chi connectivity index (χ1n) is 31.6. The summed E-state index contributed by atoms with van der Waals surface area (Å²) in [5.74, 6) is -8.69. The molecule has 0 saturated heterocycles. The fraction of sp³-hybridized carbons (Fsp3) is 0.392. The van der Waals surface area contributed by atoms with E-state index < -0.39 is 130 Å². The van der Waals surface area contributed by atoms with E-state index in [0.29, 0.717) is 16.7 Å². The van der Waals surface area contributed by atoms with E-state index in [9.17, 15) is 24.0 Å². The number of esters is 4. The molecule has 6 aromatic carbocycles. The molecule has 3 amide bonds. The van der Waals surface area contributed by atoms with E-state index in [1.165, 1.54) is 18.8 Å². The van der Waals surface area contributed by atoms with Gasteiger partial charge in [0.25, 0.3) is 0 Å². The summed E-state index contributed by atoms with van der Waals surface area (Å²) in [6.07, 6.45) is -2.43. The Hall–Kier alpha value is -8.85. The highest BCUT2D eigenvalue weighted by atomic mass is 35.5. The smallest absolute Gasteiger partial charge is 0.331 e. The van der Waals surface area contributed by atoms with Crippen LogP contribution in [0.1, 0.15) is 140 Å². The van der Waals surface area contributed by atoms with Gasteiger partial charge >= 0.3 is 23.9 Å². The van der Waals surface area contributed by atoms with Gasteiger partial charge in [-0.1, -0.05) is 181 Å². The minimum absolute atomic E-state index is 0.00721. The number of ketones is 1. The number of thioether (sulfide) groups is 1. The van der Waals surface area contributed by atoms with E-state index in [2.05, 4.69) is 26.3 Å². The zero-order valence-electron chi connectivity index (χ0n) is 56.0. The number of hydrogen-bond acceptors (Lipinski definition) is 15. The van der Waals surface area contributed by atoms with Crippen LogP contribution in [0.15, 0.2) is 175 Å². The Balaban J connectivity index is 1.49. The maximum absolute atomic E-state index is 16.2. The van der Waals surface area contributed by atoms with Gasteiger partial charge in [0.05, 0.1) is 30.1 Å². The Morgan fingerprint density at radius 2 is 0.905 bits per heavy atom. The number of benzene rings is 6. The number of carbonyl (C=O) groups excluding carboxylic acids is 8. The summed E-state index contributed by atoms with van der Waals surface area (Å²) >= 11 is 8.52. The molecular weight excluding hydrogens is 1250 g/mol. The predicted octanol–water partition coefficient (Wildman–Crippen LogP) is 10.1. The summed E-state index contributed by atoms with van der Waals surface area (Å²) in [7, 11) is 1.48. The average molecular weight is 1340 g/mol. The van der Waals surface area contributed by atoms with Gasteiger partial charge in [-0.3, -0.25) is 38.6 Å². The molecule has 0 saturated carbocycles. The van der Waals surface area contributed by atoms with Crippen molar-refractivity contribution in [3.05, 3.63) is 214 Å². The number of rotatable bonds is 30. The summed E-state index contributed by atoms with van der Waals surface area (Å²) in [5.41, 5.74) is 12.1. The Morgan fingerprint density at radius 1 is 0.505 bits per heavy atom. The summed E-state index contributed by atoms with van der Waals surface area (Å²) in [6, 6.07) is 45.7. The van der Waals surface area contributed by atoms with Gasteiger partial charge < -0.3 is 51.7 Å². The van der Waals surface area contributed by atoms with Crippen molar-refractivity contribution in [3.63, 3.8) is 0 Å². The van der Waals surface area contributed by atoms with E-state index in [0.717, 1.165) is 22.3 Å². The highest BCUT2D eigenvalue weighted by molar-refractivity contribution is 8.00. The second-order valence-electron chi connectivity index (χ2n) is 26.1. The molecule has 0 fully saturated rings. The molecular formula is C74H90ClN7O12S. The van der Waals surface area contributed by atoms with Crippen LogP contribution in [0.25, 0.3) is 0 Å². The summed E-state index contributed by atoms with van der Waals surface area (Å²) in [5, 5.41) is 11.3. The van der Waals surface area contributed by atoms with Crippen molar-refractivity contribution in [1.29, 1.82) is 0 Å². The first-order chi connectivity index (χ1) is 44.8. The molecule has 506 valence electrons. The number of hydrogen-bond donors (Lipinski definition) is 6.